The van der Waals surface area contributed by atoms with Gasteiger partial charge in [0.05, 0.1) is 12.8 Å². The van der Waals surface area contributed by atoms with Gasteiger partial charge in [0.25, 0.3) is 0 Å². The molecule has 0 atom stereocenters. The van der Waals surface area contributed by atoms with Crippen LogP contribution in [0.25, 0.3) is 11.3 Å². The van der Waals surface area contributed by atoms with Gasteiger partial charge in [-0.1, -0.05) is 0 Å². The van der Waals surface area contributed by atoms with Gasteiger partial charge in [0.2, 0.25) is 0 Å². The zero-order valence-electron chi connectivity index (χ0n) is 10.4. The van der Waals surface area contributed by atoms with Gasteiger partial charge < -0.3 is 9.15 Å². The molecule has 96 valence electrons. The highest BCUT2D eigenvalue weighted by molar-refractivity contribution is 6.17. The number of halogens is 1. The number of nitrogens with zero attached hydrogens (tertiary/aromatic N) is 1. The Morgan fingerprint density at radius 1 is 1.28 bits per heavy atom. The van der Waals surface area contributed by atoms with Crippen LogP contribution < -0.4 is 4.74 Å². The number of alkyl halides is 1. The minimum absolute atomic E-state index is 0.626. The zero-order chi connectivity index (χ0) is 12.8. The van der Waals surface area contributed by atoms with E-state index in [4.69, 9.17) is 20.8 Å². The molecule has 18 heavy (non-hydrogen) atoms. The summed E-state index contributed by atoms with van der Waals surface area (Å²) in [5.41, 5.74) is 1.00. The smallest absolute Gasteiger partial charge is 0.194 e. The van der Waals surface area contributed by atoms with Crippen molar-refractivity contribution in [3.8, 4) is 17.1 Å². The standard InChI is InChI=1S/C14H16ClNO2/c1-2-17-12-7-5-11(6-8-12)13-10-16-14(18-13)4-3-9-15/h5-8,10H,2-4,9H2,1H3. The van der Waals surface area contributed by atoms with Crippen molar-refractivity contribution >= 4 is 11.6 Å². The first-order chi connectivity index (χ1) is 8.83. The molecule has 0 aliphatic carbocycles. The Morgan fingerprint density at radius 3 is 2.72 bits per heavy atom. The third-order valence-electron chi connectivity index (χ3n) is 2.53. The van der Waals surface area contributed by atoms with E-state index in [-0.39, 0.29) is 0 Å². The second-order valence-electron chi connectivity index (χ2n) is 3.87. The molecule has 2 aromatic rings. The van der Waals surface area contributed by atoms with E-state index in [2.05, 4.69) is 4.98 Å². The molecule has 0 saturated heterocycles. The summed E-state index contributed by atoms with van der Waals surface area (Å²) in [4.78, 5) is 4.23. The fraction of sp³-hybridized carbons (Fsp3) is 0.357. The number of aromatic nitrogens is 1. The van der Waals surface area contributed by atoms with E-state index >= 15 is 0 Å². The Bertz CT molecular complexity index is 479. The van der Waals surface area contributed by atoms with Gasteiger partial charge in [0.15, 0.2) is 11.7 Å². The second kappa shape index (κ2) is 6.45. The van der Waals surface area contributed by atoms with Crippen LogP contribution in [0.15, 0.2) is 34.9 Å². The molecule has 0 N–H and O–H groups in total. The molecular formula is C14H16ClNO2. The van der Waals surface area contributed by atoms with E-state index in [1.54, 1.807) is 6.20 Å². The van der Waals surface area contributed by atoms with Gasteiger partial charge in [-0.05, 0) is 37.6 Å². The Kier molecular flexibility index (Phi) is 4.65. The molecule has 1 heterocycles. The fourth-order valence-corrected chi connectivity index (χ4v) is 1.79. The van der Waals surface area contributed by atoms with Gasteiger partial charge >= 0.3 is 0 Å². The topological polar surface area (TPSA) is 35.3 Å². The summed E-state index contributed by atoms with van der Waals surface area (Å²) in [6.07, 6.45) is 3.41. The molecule has 0 spiro atoms. The number of aryl methyl sites for hydroxylation is 1. The molecular weight excluding hydrogens is 250 g/mol. The summed E-state index contributed by atoms with van der Waals surface area (Å²) in [6, 6.07) is 7.80. The van der Waals surface area contributed by atoms with E-state index in [1.165, 1.54) is 0 Å². The number of ether oxygens (including phenoxy) is 1. The van der Waals surface area contributed by atoms with Crippen molar-refractivity contribution in [1.82, 2.24) is 4.98 Å². The molecule has 0 aliphatic heterocycles. The van der Waals surface area contributed by atoms with Crippen LogP contribution in [0.5, 0.6) is 5.75 Å². The van der Waals surface area contributed by atoms with E-state index in [9.17, 15) is 0 Å². The first-order valence-electron chi connectivity index (χ1n) is 6.07. The second-order valence-corrected chi connectivity index (χ2v) is 4.25. The minimum atomic E-state index is 0.626. The lowest BCUT2D eigenvalue weighted by molar-refractivity contribution is 0.340. The number of hydrogen-bond acceptors (Lipinski definition) is 3. The normalized spacial score (nSPS) is 10.6. The molecule has 0 fully saturated rings. The third-order valence-corrected chi connectivity index (χ3v) is 2.79. The molecule has 3 nitrogen and oxygen atoms in total. The van der Waals surface area contributed by atoms with Gasteiger partial charge in [-0.3, -0.25) is 0 Å². The number of benzene rings is 1. The molecule has 0 bridgehead atoms. The summed E-state index contributed by atoms with van der Waals surface area (Å²) in [5, 5.41) is 0. The van der Waals surface area contributed by atoms with Crippen molar-refractivity contribution in [2.24, 2.45) is 0 Å². The van der Waals surface area contributed by atoms with Crippen molar-refractivity contribution < 1.29 is 9.15 Å². The quantitative estimate of drug-likeness (QED) is 0.743. The third kappa shape index (κ3) is 3.26. The predicted octanol–water partition coefficient (Wildman–Crippen LogP) is 3.91. The fourth-order valence-electron chi connectivity index (χ4n) is 1.66. The van der Waals surface area contributed by atoms with Crippen molar-refractivity contribution in [3.05, 3.63) is 36.4 Å². The molecule has 0 aliphatic rings. The minimum Gasteiger partial charge on any atom is -0.494 e. The predicted molar refractivity (Wildman–Crippen MR) is 72.1 cm³/mol. The van der Waals surface area contributed by atoms with Crippen molar-refractivity contribution in [3.63, 3.8) is 0 Å². The first-order valence-corrected chi connectivity index (χ1v) is 6.61. The van der Waals surface area contributed by atoms with Crippen LogP contribution >= 0.6 is 11.6 Å². The SMILES string of the molecule is CCOc1ccc(-c2cnc(CCCCl)o2)cc1. The lowest BCUT2D eigenvalue weighted by Gasteiger charge is -2.02. The van der Waals surface area contributed by atoms with E-state index in [1.807, 2.05) is 31.2 Å². The van der Waals surface area contributed by atoms with Gasteiger partial charge in [-0.25, -0.2) is 4.98 Å². The number of hydrogen-bond donors (Lipinski definition) is 0. The van der Waals surface area contributed by atoms with Crippen molar-refractivity contribution in [2.45, 2.75) is 19.8 Å². The molecule has 0 saturated carbocycles. The average molecular weight is 266 g/mol. The zero-order valence-corrected chi connectivity index (χ0v) is 11.1. The van der Waals surface area contributed by atoms with Crippen LogP contribution in [0.2, 0.25) is 0 Å². The van der Waals surface area contributed by atoms with Gasteiger partial charge in [0.1, 0.15) is 5.75 Å². The Labute approximate surface area is 112 Å². The van der Waals surface area contributed by atoms with Gasteiger partial charge in [-0.2, -0.15) is 0 Å². The van der Waals surface area contributed by atoms with Gasteiger partial charge in [-0.15, -0.1) is 11.6 Å². The average Bonchev–Trinajstić information content (AvgIpc) is 2.86. The molecule has 1 aromatic heterocycles. The summed E-state index contributed by atoms with van der Waals surface area (Å²) < 4.78 is 11.1. The van der Waals surface area contributed by atoms with Crippen molar-refractivity contribution in [1.29, 1.82) is 0 Å². The van der Waals surface area contributed by atoms with E-state index in [0.29, 0.717) is 12.5 Å². The molecule has 0 amide bonds. The highest BCUT2D eigenvalue weighted by Crippen LogP contribution is 2.23. The lowest BCUT2D eigenvalue weighted by atomic mass is 10.2. The highest BCUT2D eigenvalue weighted by Gasteiger charge is 2.06. The maximum Gasteiger partial charge on any atom is 0.194 e. The molecule has 0 unspecified atom stereocenters. The maximum atomic E-state index is 5.66. The highest BCUT2D eigenvalue weighted by atomic mass is 35.5. The van der Waals surface area contributed by atoms with E-state index < -0.39 is 0 Å². The molecule has 4 heteroatoms. The summed E-state index contributed by atoms with van der Waals surface area (Å²) in [6.45, 7) is 2.64. The van der Waals surface area contributed by atoms with Crippen LogP contribution in [0.3, 0.4) is 0 Å². The Hall–Kier alpha value is -1.48. The molecule has 2 rings (SSSR count). The van der Waals surface area contributed by atoms with Crippen LogP contribution in [0.4, 0.5) is 0 Å². The van der Waals surface area contributed by atoms with Crippen LogP contribution in [0.1, 0.15) is 19.2 Å². The van der Waals surface area contributed by atoms with Gasteiger partial charge in [0, 0.05) is 17.9 Å². The van der Waals surface area contributed by atoms with E-state index in [0.717, 1.165) is 35.8 Å². The number of rotatable bonds is 6. The molecule has 0 radical (unpaired) electrons. The van der Waals surface area contributed by atoms with Crippen LogP contribution in [-0.2, 0) is 6.42 Å². The van der Waals surface area contributed by atoms with Crippen LogP contribution in [-0.4, -0.2) is 17.5 Å². The maximum absolute atomic E-state index is 5.66. The number of oxazole rings is 1. The van der Waals surface area contributed by atoms with Crippen molar-refractivity contribution in [2.75, 3.05) is 12.5 Å². The monoisotopic (exact) mass is 265 g/mol. The lowest BCUT2D eigenvalue weighted by Crippen LogP contribution is -1.90. The summed E-state index contributed by atoms with van der Waals surface area (Å²) in [5.74, 6) is 3.01. The van der Waals surface area contributed by atoms with Crippen LogP contribution in [0, 0.1) is 0 Å². The Morgan fingerprint density at radius 2 is 2.06 bits per heavy atom. The summed E-state index contributed by atoms with van der Waals surface area (Å²) in [7, 11) is 0. The Balaban J connectivity index is 2.08. The first kappa shape index (κ1) is 13.0. The largest absolute Gasteiger partial charge is 0.494 e. The molecule has 1 aromatic carbocycles. The summed E-state index contributed by atoms with van der Waals surface area (Å²) >= 11 is 5.64.